The van der Waals surface area contributed by atoms with Crippen molar-refractivity contribution in [1.29, 1.82) is 0 Å². The fraction of sp³-hybridized carbons (Fsp3) is 0.692. The highest BCUT2D eigenvalue weighted by Gasteiger charge is 2.48. The molecule has 0 aliphatic carbocycles. The van der Waals surface area contributed by atoms with E-state index in [0.717, 1.165) is 12.5 Å². The molecule has 2 atom stereocenters. The van der Waals surface area contributed by atoms with E-state index in [0.29, 0.717) is 32.5 Å². The number of hydrogen-bond donors (Lipinski definition) is 0. The molecule has 0 aromatic rings. The highest BCUT2D eigenvalue weighted by molar-refractivity contribution is 5.86. The summed E-state index contributed by atoms with van der Waals surface area (Å²) in [4.78, 5) is 23.5. The maximum atomic E-state index is 12.1. The van der Waals surface area contributed by atoms with Gasteiger partial charge in [-0.1, -0.05) is 6.58 Å². The molecule has 0 aromatic heterocycles. The number of cyclic esters (lactones) is 1. The first kappa shape index (κ1) is 14.0. The van der Waals surface area contributed by atoms with Crippen LogP contribution in [-0.2, 0) is 28.5 Å². The van der Waals surface area contributed by atoms with E-state index < -0.39 is 24.0 Å². The molecule has 0 saturated carbocycles. The number of hydrogen-bond acceptors (Lipinski definition) is 6. The van der Waals surface area contributed by atoms with Gasteiger partial charge in [-0.25, -0.2) is 9.59 Å². The zero-order valence-electron chi connectivity index (χ0n) is 10.8. The Balaban J connectivity index is 2.15. The lowest BCUT2D eigenvalue weighted by atomic mass is 10.1. The van der Waals surface area contributed by atoms with Gasteiger partial charge in [0.25, 0.3) is 0 Å². The largest absolute Gasteiger partial charge is 0.461 e. The summed E-state index contributed by atoms with van der Waals surface area (Å²) in [6.45, 7) is 4.21. The first-order valence-electron chi connectivity index (χ1n) is 6.48. The summed E-state index contributed by atoms with van der Waals surface area (Å²) in [5.74, 6) is -3.08. The standard InChI is InChI=1S/C13H18O6/c1-2-10(14)18-13(19-11-6-5-9-16-11)7-3-4-8-17-12(13)15/h2,11H,1,3-9H2. The highest BCUT2D eigenvalue weighted by atomic mass is 16.8. The third-order valence-corrected chi connectivity index (χ3v) is 3.09. The van der Waals surface area contributed by atoms with Crippen molar-refractivity contribution in [1.82, 2.24) is 0 Å². The van der Waals surface area contributed by atoms with Gasteiger partial charge in [0.1, 0.15) is 0 Å². The molecule has 2 unspecified atom stereocenters. The van der Waals surface area contributed by atoms with Crippen LogP contribution < -0.4 is 0 Å². The van der Waals surface area contributed by atoms with Crippen LogP contribution in [-0.4, -0.2) is 37.2 Å². The van der Waals surface area contributed by atoms with Gasteiger partial charge in [0.05, 0.1) is 6.61 Å². The zero-order chi connectivity index (χ0) is 13.7. The summed E-state index contributed by atoms with van der Waals surface area (Å²) in [7, 11) is 0. The van der Waals surface area contributed by atoms with Gasteiger partial charge in [-0.2, -0.15) is 0 Å². The molecule has 2 aliphatic rings. The van der Waals surface area contributed by atoms with Crippen LogP contribution in [0, 0.1) is 0 Å². The Hall–Kier alpha value is -1.40. The van der Waals surface area contributed by atoms with Gasteiger partial charge in [0, 0.05) is 25.5 Å². The maximum absolute atomic E-state index is 12.1. The van der Waals surface area contributed by atoms with Crippen LogP contribution in [0.25, 0.3) is 0 Å². The summed E-state index contributed by atoms with van der Waals surface area (Å²) in [6.07, 6.45) is 3.63. The van der Waals surface area contributed by atoms with E-state index >= 15 is 0 Å². The third kappa shape index (κ3) is 3.33. The lowest BCUT2D eigenvalue weighted by Gasteiger charge is -2.31. The van der Waals surface area contributed by atoms with E-state index in [4.69, 9.17) is 18.9 Å². The second-order valence-corrected chi connectivity index (χ2v) is 4.53. The van der Waals surface area contributed by atoms with Gasteiger partial charge in [-0.05, 0) is 19.3 Å². The molecular formula is C13H18O6. The van der Waals surface area contributed by atoms with Crippen LogP contribution in [0.2, 0.25) is 0 Å². The van der Waals surface area contributed by atoms with Crippen molar-refractivity contribution in [2.45, 2.75) is 44.2 Å². The predicted octanol–water partition coefficient (Wildman–Crippen LogP) is 1.29. The van der Waals surface area contributed by atoms with Crippen molar-refractivity contribution in [2.24, 2.45) is 0 Å². The van der Waals surface area contributed by atoms with E-state index in [-0.39, 0.29) is 6.42 Å². The first-order valence-corrected chi connectivity index (χ1v) is 6.48. The molecule has 19 heavy (non-hydrogen) atoms. The van der Waals surface area contributed by atoms with E-state index in [1.807, 2.05) is 0 Å². The number of esters is 2. The molecule has 0 radical (unpaired) electrons. The Kier molecular flexibility index (Phi) is 4.55. The van der Waals surface area contributed by atoms with Crippen LogP contribution in [0.4, 0.5) is 0 Å². The van der Waals surface area contributed by atoms with Crippen LogP contribution in [0.5, 0.6) is 0 Å². The Morgan fingerprint density at radius 2 is 2.21 bits per heavy atom. The molecule has 2 saturated heterocycles. The maximum Gasteiger partial charge on any atom is 0.379 e. The monoisotopic (exact) mass is 270 g/mol. The summed E-state index contributed by atoms with van der Waals surface area (Å²) in [5, 5.41) is 0. The summed E-state index contributed by atoms with van der Waals surface area (Å²) in [6, 6.07) is 0. The summed E-state index contributed by atoms with van der Waals surface area (Å²) < 4.78 is 21.1. The van der Waals surface area contributed by atoms with Gasteiger partial charge in [0.2, 0.25) is 0 Å². The third-order valence-electron chi connectivity index (χ3n) is 3.09. The Morgan fingerprint density at radius 3 is 2.89 bits per heavy atom. The van der Waals surface area contributed by atoms with E-state index in [1.165, 1.54) is 0 Å². The quantitative estimate of drug-likeness (QED) is 0.435. The number of carbonyl (C=O) groups is 2. The molecule has 0 spiro atoms. The molecule has 2 fully saturated rings. The Morgan fingerprint density at radius 1 is 1.37 bits per heavy atom. The van der Waals surface area contributed by atoms with Crippen molar-refractivity contribution in [3.63, 3.8) is 0 Å². The number of carbonyl (C=O) groups excluding carboxylic acids is 2. The molecule has 2 heterocycles. The zero-order valence-corrected chi connectivity index (χ0v) is 10.8. The van der Waals surface area contributed by atoms with Crippen molar-refractivity contribution in [2.75, 3.05) is 13.2 Å². The fourth-order valence-electron chi connectivity index (χ4n) is 2.12. The minimum atomic E-state index is -1.70. The summed E-state index contributed by atoms with van der Waals surface area (Å²) in [5.41, 5.74) is 0. The van der Waals surface area contributed by atoms with Gasteiger partial charge < -0.3 is 18.9 Å². The van der Waals surface area contributed by atoms with Crippen molar-refractivity contribution < 1.29 is 28.5 Å². The van der Waals surface area contributed by atoms with Crippen LogP contribution in [0.3, 0.4) is 0 Å². The Bertz CT molecular complexity index is 360. The van der Waals surface area contributed by atoms with Gasteiger partial charge in [0.15, 0.2) is 6.29 Å². The number of rotatable bonds is 4. The van der Waals surface area contributed by atoms with Crippen molar-refractivity contribution in [3.8, 4) is 0 Å². The second kappa shape index (κ2) is 6.16. The van der Waals surface area contributed by atoms with Gasteiger partial charge in [-0.15, -0.1) is 0 Å². The average Bonchev–Trinajstić information content (AvgIpc) is 2.83. The van der Waals surface area contributed by atoms with Gasteiger partial charge >= 0.3 is 17.7 Å². The predicted molar refractivity (Wildman–Crippen MR) is 63.9 cm³/mol. The molecule has 2 aliphatic heterocycles. The molecule has 0 N–H and O–H groups in total. The molecule has 106 valence electrons. The van der Waals surface area contributed by atoms with E-state index in [1.54, 1.807) is 0 Å². The van der Waals surface area contributed by atoms with Crippen LogP contribution in [0.1, 0.15) is 32.1 Å². The smallest absolute Gasteiger partial charge is 0.379 e. The van der Waals surface area contributed by atoms with Crippen molar-refractivity contribution >= 4 is 11.9 Å². The van der Waals surface area contributed by atoms with Crippen molar-refractivity contribution in [3.05, 3.63) is 12.7 Å². The topological polar surface area (TPSA) is 71.1 Å². The normalized spacial score (nSPS) is 31.4. The average molecular weight is 270 g/mol. The SMILES string of the molecule is C=CC(=O)OC1(OC2CCCO2)CCCCOC1=O. The summed E-state index contributed by atoms with van der Waals surface area (Å²) >= 11 is 0. The van der Waals surface area contributed by atoms with Crippen LogP contribution in [0.15, 0.2) is 12.7 Å². The first-order chi connectivity index (χ1) is 9.16. The molecular weight excluding hydrogens is 252 g/mol. The Labute approximate surface area is 111 Å². The molecule has 0 amide bonds. The highest BCUT2D eigenvalue weighted by Crippen LogP contribution is 2.30. The second-order valence-electron chi connectivity index (χ2n) is 4.53. The van der Waals surface area contributed by atoms with E-state index in [9.17, 15) is 9.59 Å². The van der Waals surface area contributed by atoms with E-state index in [2.05, 4.69) is 6.58 Å². The lowest BCUT2D eigenvalue weighted by molar-refractivity contribution is -0.285. The lowest BCUT2D eigenvalue weighted by Crippen LogP contribution is -2.48. The molecule has 2 rings (SSSR count). The minimum Gasteiger partial charge on any atom is -0.461 e. The van der Waals surface area contributed by atoms with Gasteiger partial charge in [-0.3, -0.25) is 0 Å². The molecule has 0 bridgehead atoms. The fourth-order valence-corrected chi connectivity index (χ4v) is 2.12. The van der Waals surface area contributed by atoms with Crippen LogP contribution >= 0.6 is 0 Å². The molecule has 0 aromatic carbocycles. The minimum absolute atomic E-state index is 0.269. The molecule has 6 nitrogen and oxygen atoms in total. The number of ether oxygens (including phenoxy) is 4. The molecule has 6 heteroatoms.